The number of hydrogen-bond acceptors (Lipinski definition) is 2. The molecule has 1 aliphatic carbocycles. The first kappa shape index (κ1) is 16.1. The average molecular weight is 294 g/mol. The van der Waals surface area contributed by atoms with Gasteiger partial charge in [-0.3, -0.25) is 0 Å². The minimum absolute atomic E-state index is 0.0408. The maximum absolute atomic E-state index is 12.7. The van der Waals surface area contributed by atoms with E-state index in [1.54, 1.807) is 0 Å². The SMILES string of the molecule is CCCC1CCC(C2CCC(O)(C(F)(F)F)OC2)CC1. The maximum atomic E-state index is 12.7. The van der Waals surface area contributed by atoms with E-state index in [0.717, 1.165) is 18.8 Å². The van der Waals surface area contributed by atoms with Gasteiger partial charge >= 0.3 is 6.18 Å². The molecule has 1 saturated heterocycles. The fourth-order valence-electron chi connectivity index (χ4n) is 3.73. The van der Waals surface area contributed by atoms with E-state index >= 15 is 0 Å². The maximum Gasteiger partial charge on any atom is 0.443 e. The minimum Gasteiger partial charge on any atom is -0.359 e. The highest BCUT2D eigenvalue weighted by Crippen LogP contribution is 2.44. The van der Waals surface area contributed by atoms with Gasteiger partial charge in [0.1, 0.15) is 0 Å². The third-order valence-corrected chi connectivity index (χ3v) is 5.09. The third kappa shape index (κ3) is 3.48. The number of rotatable bonds is 3. The van der Waals surface area contributed by atoms with Crippen molar-refractivity contribution in [2.45, 2.75) is 70.3 Å². The highest BCUT2D eigenvalue weighted by atomic mass is 19.4. The van der Waals surface area contributed by atoms with Crippen molar-refractivity contribution >= 4 is 0 Å². The first-order valence-corrected chi connectivity index (χ1v) is 7.79. The minimum atomic E-state index is -4.68. The zero-order valence-corrected chi connectivity index (χ0v) is 12.1. The van der Waals surface area contributed by atoms with Gasteiger partial charge in [0.05, 0.1) is 6.61 Å². The van der Waals surface area contributed by atoms with Crippen molar-refractivity contribution in [2.75, 3.05) is 6.61 Å². The molecular formula is C15H25F3O2. The Balaban J connectivity index is 1.80. The molecule has 0 aromatic rings. The van der Waals surface area contributed by atoms with Gasteiger partial charge in [0.2, 0.25) is 0 Å². The van der Waals surface area contributed by atoms with Crippen LogP contribution in [-0.4, -0.2) is 23.7 Å². The summed E-state index contributed by atoms with van der Waals surface area (Å²) in [5.41, 5.74) is 0. The molecule has 0 aromatic carbocycles. The van der Waals surface area contributed by atoms with Gasteiger partial charge in [0.25, 0.3) is 5.79 Å². The highest BCUT2D eigenvalue weighted by Gasteiger charge is 2.57. The van der Waals surface area contributed by atoms with E-state index < -0.39 is 12.0 Å². The molecule has 2 fully saturated rings. The summed E-state index contributed by atoms with van der Waals surface area (Å²) in [5.74, 6) is -1.46. The van der Waals surface area contributed by atoms with Crippen LogP contribution in [0.4, 0.5) is 13.2 Å². The fourth-order valence-corrected chi connectivity index (χ4v) is 3.73. The van der Waals surface area contributed by atoms with Gasteiger partial charge in [-0.05, 0) is 37.0 Å². The molecule has 118 valence electrons. The van der Waals surface area contributed by atoms with Crippen LogP contribution in [-0.2, 0) is 4.74 Å². The molecule has 0 radical (unpaired) electrons. The van der Waals surface area contributed by atoms with Crippen molar-refractivity contribution in [2.24, 2.45) is 17.8 Å². The Kier molecular flexibility index (Phi) is 5.00. The lowest BCUT2D eigenvalue weighted by Crippen LogP contribution is -2.52. The van der Waals surface area contributed by atoms with Gasteiger partial charge in [0.15, 0.2) is 0 Å². The van der Waals surface area contributed by atoms with Crippen LogP contribution in [0.25, 0.3) is 0 Å². The summed E-state index contributed by atoms with van der Waals surface area (Å²) in [5, 5.41) is 9.49. The van der Waals surface area contributed by atoms with Crippen LogP contribution >= 0.6 is 0 Å². The first-order valence-electron chi connectivity index (χ1n) is 7.79. The van der Waals surface area contributed by atoms with Gasteiger partial charge in [-0.25, -0.2) is 0 Å². The van der Waals surface area contributed by atoms with Crippen LogP contribution in [0.15, 0.2) is 0 Å². The summed E-state index contributed by atoms with van der Waals surface area (Å²) in [6, 6.07) is 0. The number of ether oxygens (including phenoxy) is 1. The Morgan fingerprint density at radius 1 is 1.10 bits per heavy atom. The number of halogens is 3. The summed E-state index contributed by atoms with van der Waals surface area (Å²) in [7, 11) is 0. The van der Waals surface area contributed by atoms with Gasteiger partial charge in [0, 0.05) is 6.42 Å². The number of aliphatic hydroxyl groups is 1. The molecule has 2 unspecified atom stereocenters. The predicted octanol–water partition coefficient (Wildman–Crippen LogP) is 4.27. The molecule has 1 saturated carbocycles. The standard InChI is InChI=1S/C15H25F3O2/c1-2-3-11-4-6-12(7-5-11)13-8-9-14(19,20-10-13)15(16,17)18/h11-13,19H,2-10H2,1H3. The largest absolute Gasteiger partial charge is 0.443 e. The van der Waals surface area contributed by atoms with Gasteiger partial charge in [-0.1, -0.05) is 32.6 Å². The monoisotopic (exact) mass is 294 g/mol. The van der Waals surface area contributed by atoms with Crippen molar-refractivity contribution in [3.8, 4) is 0 Å². The molecule has 5 heteroatoms. The normalized spacial score (nSPS) is 39.8. The van der Waals surface area contributed by atoms with E-state index in [1.807, 2.05) is 0 Å². The molecule has 20 heavy (non-hydrogen) atoms. The Morgan fingerprint density at radius 3 is 2.20 bits per heavy atom. The zero-order chi connectivity index (χ0) is 14.8. The molecule has 2 atom stereocenters. The van der Waals surface area contributed by atoms with Crippen molar-refractivity contribution in [1.29, 1.82) is 0 Å². The third-order valence-electron chi connectivity index (χ3n) is 5.09. The lowest BCUT2D eigenvalue weighted by atomic mass is 9.72. The number of alkyl halides is 3. The van der Waals surface area contributed by atoms with Crippen molar-refractivity contribution in [3.05, 3.63) is 0 Å². The van der Waals surface area contributed by atoms with Crippen LogP contribution in [0.2, 0.25) is 0 Å². The summed E-state index contributed by atoms with van der Waals surface area (Å²) >= 11 is 0. The van der Waals surface area contributed by atoms with Crippen LogP contribution in [0.3, 0.4) is 0 Å². The molecular weight excluding hydrogens is 269 g/mol. The highest BCUT2D eigenvalue weighted by molar-refractivity contribution is 4.86. The van der Waals surface area contributed by atoms with E-state index in [9.17, 15) is 18.3 Å². The van der Waals surface area contributed by atoms with Crippen LogP contribution < -0.4 is 0 Å². The van der Waals surface area contributed by atoms with Crippen molar-refractivity contribution in [1.82, 2.24) is 0 Å². The predicted molar refractivity (Wildman–Crippen MR) is 70.0 cm³/mol. The molecule has 2 aliphatic rings. The molecule has 1 heterocycles. The smallest absolute Gasteiger partial charge is 0.359 e. The van der Waals surface area contributed by atoms with E-state index in [4.69, 9.17) is 4.74 Å². The Morgan fingerprint density at radius 2 is 1.75 bits per heavy atom. The second-order valence-electron chi connectivity index (χ2n) is 6.46. The van der Waals surface area contributed by atoms with Crippen LogP contribution in [0, 0.1) is 17.8 Å². The van der Waals surface area contributed by atoms with E-state index in [2.05, 4.69) is 6.92 Å². The second kappa shape index (κ2) is 6.22. The average Bonchev–Trinajstić information content (AvgIpc) is 2.40. The van der Waals surface area contributed by atoms with Gasteiger partial charge in [-0.15, -0.1) is 0 Å². The van der Waals surface area contributed by atoms with E-state index in [-0.39, 0.29) is 18.9 Å². The Hall–Kier alpha value is -0.290. The van der Waals surface area contributed by atoms with Crippen molar-refractivity contribution < 1.29 is 23.0 Å². The number of hydrogen-bond donors (Lipinski definition) is 1. The van der Waals surface area contributed by atoms with Crippen LogP contribution in [0.1, 0.15) is 58.3 Å². The molecule has 0 aromatic heterocycles. The summed E-state index contributed by atoms with van der Waals surface area (Å²) < 4.78 is 42.8. The van der Waals surface area contributed by atoms with E-state index in [0.29, 0.717) is 12.3 Å². The van der Waals surface area contributed by atoms with Gasteiger partial charge in [-0.2, -0.15) is 13.2 Å². The molecule has 2 nitrogen and oxygen atoms in total. The Labute approximate surface area is 118 Å². The molecule has 0 amide bonds. The Bertz CT molecular complexity index is 301. The lowest BCUT2D eigenvalue weighted by molar-refractivity contribution is -0.382. The topological polar surface area (TPSA) is 29.5 Å². The molecule has 0 spiro atoms. The summed E-state index contributed by atoms with van der Waals surface area (Å²) in [4.78, 5) is 0. The molecule has 1 aliphatic heterocycles. The molecule has 1 N–H and O–H groups in total. The summed E-state index contributed by atoms with van der Waals surface area (Å²) in [6.07, 6.45) is 2.47. The fraction of sp³-hybridized carbons (Fsp3) is 1.00. The summed E-state index contributed by atoms with van der Waals surface area (Å²) in [6.45, 7) is 2.23. The van der Waals surface area contributed by atoms with Crippen LogP contribution in [0.5, 0.6) is 0 Å². The lowest BCUT2D eigenvalue weighted by Gasteiger charge is -2.41. The van der Waals surface area contributed by atoms with E-state index in [1.165, 1.54) is 25.7 Å². The molecule has 2 rings (SSSR count). The quantitative estimate of drug-likeness (QED) is 0.842. The van der Waals surface area contributed by atoms with Crippen molar-refractivity contribution in [3.63, 3.8) is 0 Å². The molecule has 0 bridgehead atoms. The second-order valence-corrected chi connectivity index (χ2v) is 6.46. The zero-order valence-electron chi connectivity index (χ0n) is 12.1. The first-order chi connectivity index (χ1) is 9.36. The van der Waals surface area contributed by atoms with Gasteiger partial charge < -0.3 is 9.84 Å².